The van der Waals surface area contributed by atoms with E-state index in [1.54, 1.807) is 4.68 Å². The van der Waals surface area contributed by atoms with E-state index in [1.807, 2.05) is 27.0 Å². The third-order valence-corrected chi connectivity index (χ3v) is 7.49. The molecule has 3 heterocycles. The van der Waals surface area contributed by atoms with Crippen LogP contribution in [-0.4, -0.2) is 60.5 Å². The van der Waals surface area contributed by atoms with Crippen molar-refractivity contribution in [2.75, 3.05) is 6.54 Å². The molecule has 3 fully saturated rings. The van der Waals surface area contributed by atoms with E-state index in [1.165, 1.54) is 23.2 Å². The summed E-state index contributed by atoms with van der Waals surface area (Å²) < 4.78 is 16.2. The fourth-order valence-corrected chi connectivity index (χ4v) is 5.33. The lowest BCUT2D eigenvalue weighted by Crippen LogP contribution is -2.57. The highest BCUT2D eigenvalue weighted by atomic mass is 19.1. The maximum absolute atomic E-state index is 14.6. The Labute approximate surface area is 204 Å². The van der Waals surface area contributed by atoms with Gasteiger partial charge in [0, 0.05) is 31.3 Å². The number of aromatic nitrogens is 4. The number of halogens is 1. The fraction of sp³-hybridized carbons (Fsp3) is 0.640. The second-order valence-electron chi connectivity index (χ2n) is 11.3. The van der Waals surface area contributed by atoms with Crippen LogP contribution in [0.4, 0.5) is 4.39 Å². The van der Waals surface area contributed by atoms with Crippen molar-refractivity contribution >= 4 is 11.8 Å². The fourth-order valence-electron chi connectivity index (χ4n) is 5.33. The van der Waals surface area contributed by atoms with E-state index in [9.17, 15) is 19.1 Å². The lowest BCUT2D eigenvalue weighted by Gasteiger charge is -2.43. The van der Waals surface area contributed by atoms with Crippen molar-refractivity contribution in [1.82, 2.24) is 30.2 Å². The van der Waals surface area contributed by atoms with Crippen molar-refractivity contribution in [3.63, 3.8) is 0 Å². The van der Waals surface area contributed by atoms with Gasteiger partial charge in [-0.2, -0.15) is 0 Å². The molecule has 9 nitrogen and oxygen atoms in total. The minimum absolute atomic E-state index is 0.0542. The summed E-state index contributed by atoms with van der Waals surface area (Å²) in [7, 11) is 0. The van der Waals surface area contributed by atoms with Gasteiger partial charge in [-0.3, -0.25) is 14.6 Å². The number of amides is 2. The van der Waals surface area contributed by atoms with E-state index in [0.29, 0.717) is 18.8 Å². The number of likely N-dealkylation sites (tertiary alicyclic amines) is 1. The van der Waals surface area contributed by atoms with Crippen LogP contribution < -0.4 is 5.32 Å². The summed E-state index contributed by atoms with van der Waals surface area (Å²) >= 11 is 0. The first-order valence-corrected chi connectivity index (χ1v) is 12.4. The highest BCUT2D eigenvalue weighted by Crippen LogP contribution is 2.42. The molecule has 10 heteroatoms. The van der Waals surface area contributed by atoms with Crippen molar-refractivity contribution in [2.45, 2.75) is 88.9 Å². The topological polar surface area (TPSA) is 113 Å². The lowest BCUT2D eigenvalue weighted by atomic mass is 9.73. The minimum Gasteiger partial charge on any atom is -0.391 e. The number of pyridine rings is 1. The van der Waals surface area contributed by atoms with Crippen LogP contribution in [0.25, 0.3) is 0 Å². The number of carbonyl (C=O) groups is 2. The Morgan fingerprint density at radius 1 is 1.29 bits per heavy atom. The zero-order chi connectivity index (χ0) is 25.0. The smallest absolute Gasteiger partial charge is 0.248 e. The van der Waals surface area contributed by atoms with E-state index in [2.05, 4.69) is 20.6 Å². The number of hydrogen-bond acceptors (Lipinski definition) is 6. The van der Waals surface area contributed by atoms with E-state index < -0.39 is 40.9 Å². The number of nitrogens with one attached hydrogen (secondary N) is 1. The molecule has 188 valence electrons. The van der Waals surface area contributed by atoms with Crippen LogP contribution in [0.3, 0.4) is 0 Å². The SMILES string of the molecule is CC(C)(C)[C@@H](C(=O)N1CC(O)CC1C(=O)NC1(c2ncccc2F)CCC1)n1cc(C2CC2)nn1. The highest BCUT2D eigenvalue weighted by molar-refractivity contribution is 5.90. The Balaban J connectivity index is 1.40. The van der Waals surface area contributed by atoms with Gasteiger partial charge in [0.05, 0.1) is 17.3 Å². The van der Waals surface area contributed by atoms with Crippen molar-refractivity contribution in [3.8, 4) is 0 Å². The molecule has 2 saturated carbocycles. The highest BCUT2D eigenvalue weighted by Gasteiger charge is 2.49. The van der Waals surface area contributed by atoms with Gasteiger partial charge in [0.2, 0.25) is 11.8 Å². The van der Waals surface area contributed by atoms with E-state index in [4.69, 9.17) is 0 Å². The molecule has 2 amide bonds. The van der Waals surface area contributed by atoms with Crippen LogP contribution >= 0.6 is 0 Å². The Kier molecular flexibility index (Phi) is 5.89. The van der Waals surface area contributed by atoms with Gasteiger partial charge in [0.1, 0.15) is 23.6 Å². The number of nitrogens with zero attached hydrogens (tertiary/aromatic N) is 5. The summed E-state index contributed by atoms with van der Waals surface area (Å²) in [4.78, 5) is 33.1. The average molecular weight is 485 g/mol. The van der Waals surface area contributed by atoms with Gasteiger partial charge in [-0.25, -0.2) is 9.07 Å². The van der Waals surface area contributed by atoms with Gasteiger partial charge in [-0.05, 0) is 49.7 Å². The number of carbonyl (C=O) groups excluding carboxylic acids is 2. The molecule has 2 N–H and O–H groups in total. The number of aliphatic hydroxyl groups excluding tert-OH is 1. The summed E-state index contributed by atoms with van der Waals surface area (Å²) in [6.45, 7) is 5.90. The van der Waals surface area contributed by atoms with Gasteiger partial charge in [0.25, 0.3) is 0 Å². The Morgan fingerprint density at radius 3 is 2.63 bits per heavy atom. The van der Waals surface area contributed by atoms with Crippen LogP contribution in [0.2, 0.25) is 0 Å². The summed E-state index contributed by atoms with van der Waals surface area (Å²) in [6.07, 6.45) is 6.79. The Bertz CT molecular complexity index is 1120. The van der Waals surface area contributed by atoms with Gasteiger partial charge in [0.15, 0.2) is 0 Å². The van der Waals surface area contributed by atoms with Crippen molar-refractivity contribution in [2.24, 2.45) is 5.41 Å². The molecular weight excluding hydrogens is 451 g/mol. The van der Waals surface area contributed by atoms with Crippen molar-refractivity contribution in [1.29, 1.82) is 0 Å². The molecule has 5 rings (SSSR count). The first-order valence-electron chi connectivity index (χ1n) is 12.4. The number of aliphatic hydroxyl groups is 1. The molecule has 0 aromatic carbocycles. The molecule has 0 spiro atoms. The van der Waals surface area contributed by atoms with Crippen molar-refractivity contribution < 1.29 is 19.1 Å². The summed E-state index contributed by atoms with van der Waals surface area (Å²) in [6, 6.07) is 1.31. The van der Waals surface area contributed by atoms with Crippen LogP contribution in [-0.2, 0) is 15.1 Å². The molecule has 2 aromatic rings. The summed E-state index contributed by atoms with van der Waals surface area (Å²) in [5, 5.41) is 22.0. The van der Waals surface area contributed by atoms with E-state index >= 15 is 0 Å². The van der Waals surface area contributed by atoms with Gasteiger partial charge >= 0.3 is 0 Å². The van der Waals surface area contributed by atoms with E-state index in [-0.39, 0.29) is 24.6 Å². The Morgan fingerprint density at radius 2 is 2.03 bits per heavy atom. The molecule has 3 atom stereocenters. The maximum Gasteiger partial charge on any atom is 0.248 e. The summed E-state index contributed by atoms with van der Waals surface area (Å²) in [5.74, 6) is -0.743. The normalized spacial score (nSPS) is 24.7. The van der Waals surface area contributed by atoms with Gasteiger partial charge in [-0.1, -0.05) is 26.0 Å². The third kappa shape index (κ3) is 4.44. The van der Waals surface area contributed by atoms with Crippen LogP contribution in [0, 0.1) is 11.2 Å². The monoisotopic (exact) mass is 484 g/mol. The minimum atomic E-state index is -0.890. The predicted molar refractivity (Wildman–Crippen MR) is 124 cm³/mol. The van der Waals surface area contributed by atoms with Gasteiger partial charge in [-0.15, -0.1) is 5.10 Å². The standard InChI is InChI=1S/C25H33FN6O3/c1-24(2,3)21(32-14-18(29-30-32)15-7-8-15)23(35)31-13-16(33)12-19(31)22(34)28-25(9-5-10-25)20-17(26)6-4-11-27-20/h4,6,11,14-16,19,21,33H,5,7-10,12-13H2,1-3H3,(H,28,34)/t16?,19?,21-/m1/s1. The summed E-state index contributed by atoms with van der Waals surface area (Å²) in [5.41, 5.74) is -0.294. The molecule has 1 aliphatic heterocycles. The largest absolute Gasteiger partial charge is 0.391 e. The quantitative estimate of drug-likeness (QED) is 0.651. The first kappa shape index (κ1) is 23.8. The first-order chi connectivity index (χ1) is 16.6. The average Bonchev–Trinajstić information content (AvgIpc) is 3.37. The number of rotatable bonds is 6. The van der Waals surface area contributed by atoms with Crippen LogP contribution in [0.15, 0.2) is 24.5 Å². The maximum atomic E-state index is 14.6. The van der Waals surface area contributed by atoms with Gasteiger partial charge < -0.3 is 15.3 Å². The molecule has 35 heavy (non-hydrogen) atoms. The molecular formula is C25H33FN6O3. The molecule has 3 aliphatic rings. The third-order valence-electron chi connectivity index (χ3n) is 7.49. The second-order valence-corrected chi connectivity index (χ2v) is 11.3. The predicted octanol–water partition coefficient (Wildman–Crippen LogP) is 2.43. The van der Waals surface area contributed by atoms with Crippen LogP contribution in [0.1, 0.15) is 82.6 Å². The lowest BCUT2D eigenvalue weighted by molar-refractivity contribution is -0.145. The zero-order valence-electron chi connectivity index (χ0n) is 20.4. The molecule has 1 saturated heterocycles. The van der Waals surface area contributed by atoms with Crippen LogP contribution in [0.5, 0.6) is 0 Å². The molecule has 0 bridgehead atoms. The molecule has 2 unspecified atom stereocenters. The second kappa shape index (κ2) is 8.65. The molecule has 0 radical (unpaired) electrons. The van der Waals surface area contributed by atoms with Crippen molar-refractivity contribution in [3.05, 3.63) is 41.7 Å². The zero-order valence-corrected chi connectivity index (χ0v) is 20.4. The Hall–Kier alpha value is -2.88. The number of β-amino-alcohol motifs (C(OH)–C–C–N with tert-alkyl or cyclic N) is 1. The molecule has 2 aliphatic carbocycles. The number of hydrogen-bond donors (Lipinski definition) is 2. The van der Waals surface area contributed by atoms with E-state index in [0.717, 1.165) is 25.0 Å². The molecule has 2 aromatic heterocycles.